The van der Waals surface area contributed by atoms with Crippen LogP contribution in [0.1, 0.15) is 22.9 Å². The summed E-state index contributed by atoms with van der Waals surface area (Å²) in [5, 5.41) is 7.97. The van der Waals surface area contributed by atoms with Crippen molar-refractivity contribution in [2.24, 2.45) is 0 Å². The van der Waals surface area contributed by atoms with E-state index in [0.29, 0.717) is 49.6 Å². The van der Waals surface area contributed by atoms with Gasteiger partial charge in [0.25, 0.3) is 0 Å². The summed E-state index contributed by atoms with van der Waals surface area (Å²) in [5.74, 6) is 2.32. The largest absolute Gasteiger partial charge is 0.339 e. The van der Waals surface area contributed by atoms with Crippen LogP contribution in [0, 0.1) is 13.8 Å². The molecule has 0 atom stereocenters. The summed E-state index contributed by atoms with van der Waals surface area (Å²) in [7, 11) is 0. The Kier molecular flexibility index (Phi) is 5.70. The van der Waals surface area contributed by atoms with Crippen LogP contribution >= 0.6 is 0 Å². The lowest BCUT2D eigenvalue weighted by atomic mass is 10.1. The van der Waals surface area contributed by atoms with Crippen molar-refractivity contribution < 1.29 is 13.8 Å². The quantitative estimate of drug-likeness (QED) is 0.447. The summed E-state index contributed by atoms with van der Waals surface area (Å²) in [5.41, 5.74) is 3.94. The van der Waals surface area contributed by atoms with Crippen molar-refractivity contribution in [3.8, 4) is 22.8 Å². The molecule has 0 aliphatic carbocycles. The van der Waals surface area contributed by atoms with Gasteiger partial charge in [-0.05, 0) is 23.3 Å². The molecule has 1 fully saturated rings. The number of aryl methyl sites for hydroxylation is 2. The molecule has 9 nitrogen and oxygen atoms in total. The third kappa shape index (κ3) is 4.83. The van der Waals surface area contributed by atoms with Crippen LogP contribution in [0.2, 0.25) is 0 Å². The van der Waals surface area contributed by atoms with E-state index in [1.807, 2.05) is 47.4 Å². The minimum Gasteiger partial charge on any atom is -0.339 e. The third-order valence-electron chi connectivity index (χ3n) is 5.60. The average molecular weight is 444 g/mol. The summed E-state index contributed by atoms with van der Waals surface area (Å²) in [6.45, 7) is 6.65. The number of amides is 1. The maximum absolute atomic E-state index is 12.9. The van der Waals surface area contributed by atoms with Crippen LogP contribution in [-0.2, 0) is 17.9 Å². The molecule has 168 valence electrons. The summed E-state index contributed by atoms with van der Waals surface area (Å²) in [4.78, 5) is 25.5. The molecule has 1 saturated heterocycles. The molecule has 33 heavy (non-hydrogen) atoms. The van der Waals surface area contributed by atoms with Gasteiger partial charge in [0.15, 0.2) is 0 Å². The van der Waals surface area contributed by atoms with Crippen LogP contribution in [0.4, 0.5) is 0 Å². The molecule has 4 aromatic rings. The van der Waals surface area contributed by atoms with Crippen molar-refractivity contribution in [1.82, 2.24) is 30.1 Å². The van der Waals surface area contributed by atoms with Gasteiger partial charge in [0.1, 0.15) is 0 Å². The molecule has 9 heteroatoms. The van der Waals surface area contributed by atoms with Gasteiger partial charge in [-0.1, -0.05) is 46.7 Å². The number of carbonyl (C=O) groups excluding carboxylic acids is 1. The number of hydrogen-bond donors (Lipinski definition) is 0. The molecule has 0 spiro atoms. The summed E-state index contributed by atoms with van der Waals surface area (Å²) < 4.78 is 10.2. The molecular weight excluding hydrogens is 420 g/mol. The second-order valence-electron chi connectivity index (χ2n) is 8.20. The zero-order valence-electron chi connectivity index (χ0n) is 18.6. The highest BCUT2D eigenvalue weighted by Crippen LogP contribution is 2.21. The van der Waals surface area contributed by atoms with E-state index in [-0.39, 0.29) is 5.91 Å². The smallest absolute Gasteiger partial charge is 0.237 e. The van der Waals surface area contributed by atoms with Crippen molar-refractivity contribution in [2.45, 2.75) is 26.9 Å². The molecule has 0 bridgehead atoms. The summed E-state index contributed by atoms with van der Waals surface area (Å²) >= 11 is 0. The van der Waals surface area contributed by atoms with Gasteiger partial charge in [-0.15, -0.1) is 0 Å². The SMILES string of the molecule is Cc1nc(-c2cccc(CN3CCN(Cc4cccc(-c5noc(C)n5)c4)C(=O)C3)c2)no1. The molecule has 5 rings (SSSR count). The Balaban J connectivity index is 1.21. The first-order valence-corrected chi connectivity index (χ1v) is 10.8. The second kappa shape index (κ2) is 8.95. The number of nitrogens with zero attached hydrogens (tertiary/aromatic N) is 6. The fraction of sp³-hybridized carbons (Fsp3) is 0.292. The highest BCUT2D eigenvalue weighted by atomic mass is 16.5. The Morgan fingerprint density at radius 1 is 0.818 bits per heavy atom. The van der Waals surface area contributed by atoms with E-state index in [4.69, 9.17) is 9.05 Å². The maximum Gasteiger partial charge on any atom is 0.237 e. The molecule has 0 saturated carbocycles. The number of hydrogen-bond acceptors (Lipinski definition) is 8. The minimum absolute atomic E-state index is 0.118. The topological polar surface area (TPSA) is 101 Å². The van der Waals surface area contributed by atoms with E-state index in [9.17, 15) is 4.79 Å². The van der Waals surface area contributed by atoms with E-state index in [1.54, 1.807) is 13.8 Å². The second-order valence-corrected chi connectivity index (χ2v) is 8.20. The van der Waals surface area contributed by atoms with Gasteiger partial charge >= 0.3 is 0 Å². The Bertz CT molecular complexity index is 1280. The van der Waals surface area contributed by atoms with E-state index < -0.39 is 0 Å². The third-order valence-corrected chi connectivity index (χ3v) is 5.60. The molecule has 1 aliphatic heterocycles. The van der Waals surface area contributed by atoms with Crippen LogP contribution in [-0.4, -0.2) is 55.6 Å². The predicted octanol–water partition coefficient (Wildman–Crippen LogP) is 3.25. The number of piperazine rings is 1. The Morgan fingerprint density at radius 2 is 1.39 bits per heavy atom. The van der Waals surface area contributed by atoms with Gasteiger partial charge in [-0.2, -0.15) is 9.97 Å². The first-order chi connectivity index (χ1) is 16.0. The summed E-state index contributed by atoms with van der Waals surface area (Å²) in [6, 6.07) is 16.0. The van der Waals surface area contributed by atoms with Crippen molar-refractivity contribution in [2.75, 3.05) is 19.6 Å². The fourth-order valence-corrected chi connectivity index (χ4v) is 3.99. The lowest BCUT2D eigenvalue weighted by Gasteiger charge is -2.34. The van der Waals surface area contributed by atoms with Gasteiger partial charge < -0.3 is 13.9 Å². The zero-order chi connectivity index (χ0) is 22.8. The van der Waals surface area contributed by atoms with Gasteiger partial charge in [0.2, 0.25) is 29.3 Å². The first-order valence-electron chi connectivity index (χ1n) is 10.8. The van der Waals surface area contributed by atoms with E-state index in [0.717, 1.165) is 28.8 Å². The standard InChI is InChI=1S/C24H24N6O3/c1-16-25-23(27-32-16)20-7-3-5-18(11-20)13-29-9-10-30(22(31)15-29)14-19-6-4-8-21(12-19)24-26-17(2)33-28-24/h3-8,11-12H,9-10,13-15H2,1-2H3. The molecule has 0 N–H and O–H groups in total. The molecular formula is C24H24N6O3. The van der Waals surface area contributed by atoms with Gasteiger partial charge in [0, 0.05) is 51.2 Å². The van der Waals surface area contributed by atoms with Crippen LogP contribution < -0.4 is 0 Å². The van der Waals surface area contributed by atoms with Gasteiger partial charge in [-0.25, -0.2) is 0 Å². The summed E-state index contributed by atoms with van der Waals surface area (Å²) in [6.07, 6.45) is 0. The lowest BCUT2D eigenvalue weighted by Crippen LogP contribution is -2.49. The van der Waals surface area contributed by atoms with E-state index in [2.05, 4.69) is 31.2 Å². The van der Waals surface area contributed by atoms with Crippen LogP contribution in [0.5, 0.6) is 0 Å². The molecule has 0 radical (unpaired) electrons. The minimum atomic E-state index is 0.118. The molecule has 2 aromatic carbocycles. The first kappa shape index (κ1) is 21.0. The van der Waals surface area contributed by atoms with E-state index in [1.165, 1.54) is 0 Å². The molecule has 0 unspecified atom stereocenters. The number of aromatic nitrogens is 4. The highest BCUT2D eigenvalue weighted by molar-refractivity contribution is 5.79. The number of carbonyl (C=O) groups is 1. The molecule has 2 aromatic heterocycles. The highest BCUT2D eigenvalue weighted by Gasteiger charge is 2.24. The maximum atomic E-state index is 12.9. The molecule has 3 heterocycles. The van der Waals surface area contributed by atoms with Gasteiger partial charge in [-0.3, -0.25) is 9.69 Å². The Labute approximate surface area is 191 Å². The number of rotatable bonds is 6. The molecule has 1 amide bonds. The van der Waals surface area contributed by atoms with Gasteiger partial charge in [0.05, 0.1) is 6.54 Å². The van der Waals surface area contributed by atoms with Crippen LogP contribution in [0.15, 0.2) is 57.6 Å². The van der Waals surface area contributed by atoms with Crippen molar-refractivity contribution in [3.63, 3.8) is 0 Å². The number of benzene rings is 2. The van der Waals surface area contributed by atoms with Crippen LogP contribution in [0.3, 0.4) is 0 Å². The normalized spacial score (nSPS) is 14.7. The molecule has 1 aliphatic rings. The van der Waals surface area contributed by atoms with Crippen molar-refractivity contribution in [1.29, 1.82) is 0 Å². The predicted molar refractivity (Wildman–Crippen MR) is 120 cm³/mol. The van der Waals surface area contributed by atoms with E-state index >= 15 is 0 Å². The zero-order valence-corrected chi connectivity index (χ0v) is 18.6. The Hall–Kier alpha value is -3.85. The van der Waals surface area contributed by atoms with Crippen molar-refractivity contribution >= 4 is 5.91 Å². The average Bonchev–Trinajstić information content (AvgIpc) is 3.44. The van der Waals surface area contributed by atoms with Crippen LogP contribution in [0.25, 0.3) is 22.8 Å². The fourth-order valence-electron chi connectivity index (χ4n) is 3.99. The van der Waals surface area contributed by atoms with Crippen molar-refractivity contribution in [3.05, 3.63) is 71.4 Å². The lowest BCUT2D eigenvalue weighted by molar-refractivity contribution is -0.136. The monoisotopic (exact) mass is 444 g/mol. The Morgan fingerprint density at radius 3 is 1.91 bits per heavy atom.